The molecule has 210 valence electrons. The van der Waals surface area contributed by atoms with Gasteiger partial charge in [0.15, 0.2) is 0 Å². The molecule has 0 saturated carbocycles. The van der Waals surface area contributed by atoms with Crippen LogP contribution >= 0.6 is 0 Å². The van der Waals surface area contributed by atoms with E-state index in [1.54, 1.807) is 16.4 Å². The lowest BCUT2D eigenvalue weighted by Crippen LogP contribution is -2.35. The van der Waals surface area contributed by atoms with Crippen molar-refractivity contribution in [3.63, 3.8) is 0 Å². The fourth-order valence-electron chi connectivity index (χ4n) is 5.97. The predicted octanol–water partition coefficient (Wildman–Crippen LogP) is 5.66. The van der Waals surface area contributed by atoms with Crippen LogP contribution in [0.1, 0.15) is 68.2 Å². The van der Waals surface area contributed by atoms with Crippen molar-refractivity contribution < 1.29 is 13.2 Å². The number of hydrogen-bond donors (Lipinski definition) is 1. The minimum Gasteiger partial charge on any atom is -0.335 e. The van der Waals surface area contributed by atoms with Gasteiger partial charge in [0.05, 0.1) is 4.90 Å². The molecule has 2 aromatic carbocycles. The third-order valence-electron chi connectivity index (χ3n) is 8.45. The molecule has 5 rings (SSSR count). The van der Waals surface area contributed by atoms with E-state index in [0.29, 0.717) is 18.0 Å². The molecular formula is C31H42N4O3S. The van der Waals surface area contributed by atoms with E-state index in [9.17, 15) is 13.2 Å². The number of aromatic nitrogens is 1. The van der Waals surface area contributed by atoms with E-state index in [1.807, 2.05) is 37.6 Å². The molecule has 1 amide bonds. The number of nitrogens with zero attached hydrogens (tertiary/aromatic N) is 3. The molecule has 0 aliphatic carbocycles. The second-order valence-electron chi connectivity index (χ2n) is 11.3. The van der Waals surface area contributed by atoms with Crippen LogP contribution in [-0.4, -0.2) is 60.8 Å². The van der Waals surface area contributed by atoms with Gasteiger partial charge in [-0.25, -0.2) is 8.42 Å². The zero-order valence-electron chi connectivity index (χ0n) is 23.6. The second kappa shape index (κ2) is 11.8. The van der Waals surface area contributed by atoms with Gasteiger partial charge in [-0.05, 0) is 120 Å². The average Bonchev–Trinajstić information content (AvgIpc) is 3.58. The van der Waals surface area contributed by atoms with Gasteiger partial charge in [-0.15, -0.1) is 0 Å². The van der Waals surface area contributed by atoms with E-state index in [-0.39, 0.29) is 5.91 Å². The smallest absolute Gasteiger partial charge is 0.247 e. The average molecular weight is 551 g/mol. The number of carbonyl (C=O) groups is 1. The third-order valence-corrected chi connectivity index (χ3v) is 10.3. The lowest BCUT2D eigenvalue weighted by atomic mass is 10.1. The summed E-state index contributed by atoms with van der Waals surface area (Å²) in [5.41, 5.74) is 4.96. The molecule has 1 unspecified atom stereocenters. The first kappa shape index (κ1) is 27.9. The molecule has 2 aliphatic heterocycles. The van der Waals surface area contributed by atoms with Crippen LogP contribution in [0.15, 0.2) is 47.5 Å². The highest BCUT2D eigenvalue weighted by Gasteiger charge is 2.27. The number of anilines is 1. The van der Waals surface area contributed by atoms with Crippen LogP contribution in [0.25, 0.3) is 10.9 Å². The van der Waals surface area contributed by atoms with E-state index < -0.39 is 16.1 Å². The highest BCUT2D eigenvalue weighted by atomic mass is 32.2. The van der Waals surface area contributed by atoms with Gasteiger partial charge in [-0.3, -0.25) is 4.79 Å². The van der Waals surface area contributed by atoms with Gasteiger partial charge in [0.1, 0.15) is 6.04 Å². The normalized spacial score (nSPS) is 18.0. The highest BCUT2D eigenvalue weighted by Crippen LogP contribution is 2.30. The lowest BCUT2D eigenvalue weighted by molar-refractivity contribution is -0.118. The topological polar surface area (TPSA) is 74.6 Å². The van der Waals surface area contributed by atoms with Crippen LogP contribution in [0, 0.1) is 13.8 Å². The van der Waals surface area contributed by atoms with Crippen molar-refractivity contribution in [2.75, 3.05) is 38.0 Å². The molecule has 3 aromatic rings. The summed E-state index contributed by atoms with van der Waals surface area (Å²) in [5.74, 6) is -0.0887. The number of benzene rings is 2. The maximum Gasteiger partial charge on any atom is 0.247 e. The van der Waals surface area contributed by atoms with Crippen molar-refractivity contribution in [3.8, 4) is 0 Å². The van der Waals surface area contributed by atoms with Gasteiger partial charge >= 0.3 is 0 Å². The summed E-state index contributed by atoms with van der Waals surface area (Å²) in [6.07, 6.45) is 9.59. The predicted molar refractivity (Wildman–Crippen MR) is 158 cm³/mol. The fraction of sp³-hybridized carbons (Fsp3) is 0.516. The van der Waals surface area contributed by atoms with E-state index in [1.165, 1.54) is 31.5 Å². The van der Waals surface area contributed by atoms with Crippen LogP contribution in [0.4, 0.5) is 5.69 Å². The van der Waals surface area contributed by atoms with Crippen LogP contribution in [0.2, 0.25) is 0 Å². The third kappa shape index (κ3) is 6.08. The van der Waals surface area contributed by atoms with Crippen molar-refractivity contribution in [1.82, 2.24) is 13.8 Å². The Morgan fingerprint density at radius 1 is 0.923 bits per heavy atom. The van der Waals surface area contributed by atoms with E-state index in [4.69, 9.17) is 0 Å². The Balaban J connectivity index is 1.30. The monoisotopic (exact) mass is 550 g/mol. The SMILES string of the molecule is Cc1ccc(CCCN2CCCC2)cc1NC(=O)C(C)n1cc(C)c2cc(S(=O)(=O)N3CCCCC3)ccc21. The minimum absolute atomic E-state index is 0.0887. The Kier molecular flexibility index (Phi) is 8.45. The molecule has 8 heteroatoms. The molecule has 2 aliphatic rings. The molecule has 2 saturated heterocycles. The van der Waals surface area contributed by atoms with Gasteiger partial charge < -0.3 is 14.8 Å². The Labute approximate surface area is 233 Å². The molecule has 1 aromatic heterocycles. The maximum atomic E-state index is 13.4. The number of sulfonamides is 1. The summed E-state index contributed by atoms with van der Waals surface area (Å²) in [5, 5.41) is 4.02. The number of fused-ring (bicyclic) bond motifs is 1. The van der Waals surface area contributed by atoms with E-state index in [0.717, 1.165) is 66.4 Å². The maximum absolute atomic E-state index is 13.4. The number of amides is 1. The Morgan fingerprint density at radius 3 is 2.38 bits per heavy atom. The summed E-state index contributed by atoms with van der Waals surface area (Å²) >= 11 is 0. The molecule has 1 atom stereocenters. The summed E-state index contributed by atoms with van der Waals surface area (Å²) in [6, 6.07) is 11.2. The standard InChI is InChI=1S/C31H42N4O3S/c1-23-11-12-26(10-9-17-33-15-7-8-16-33)20-29(23)32-31(36)25(3)35-22-24(2)28-21-27(13-14-30(28)35)39(37,38)34-18-5-4-6-19-34/h11-14,20-22,25H,4-10,15-19H2,1-3H3,(H,32,36). The van der Waals surface area contributed by atoms with Crippen molar-refractivity contribution in [1.29, 1.82) is 0 Å². The number of likely N-dealkylation sites (tertiary alicyclic amines) is 1. The molecule has 3 heterocycles. The van der Waals surface area contributed by atoms with Gasteiger partial charge in [0, 0.05) is 35.9 Å². The number of carbonyl (C=O) groups excluding carboxylic acids is 1. The van der Waals surface area contributed by atoms with E-state index in [2.05, 4.69) is 28.4 Å². The molecular weight excluding hydrogens is 508 g/mol. The largest absolute Gasteiger partial charge is 0.335 e. The van der Waals surface area contributed by atoms with Gasteiger partial charge in [0.25, 0.3) is 0 Å². The van der Waals surface area contributed by atoms with Crippen LogP contribution < -0.4 is 5.32 Å². The van der Waals surface area contributed by atoms with Crippen molar-refractivity contribution >= 4 is 32.5 Å². The van der Waals surface area contributed by atoms with Crippen LogP contribution in [0.3, 0.4) is 0 Å². The van der Waals surface area contributed by atoms with Gasteiger partial charge in [0.2, 0.25) is 15.9 Å². The zero-order chi connectivity index (χ0) is 27.6. The van der Waals surface area contributed by atoms with Gasteiger partial charge in [-0.1, -0.05) is 18.6 Å². The number of nitrogens with one attached hydrogen (secondary N) is 1. The minimum atomic E-state index is -3.52. The fourth-order valence-corrected chi connectivity index (χ4v) is 7.52. The number of aryl methyl sites for hydroxylation is 3. The molecule has 1 N–H and O–H groups in total. The highest BCUT2D eigenvalue weighted by molar-refractivity contribution is 7.89. The molecule has 0 spiro atoms. The zero-order valence-corrected chi connectivity index (χ0v) is 24.4. The Hall–Kier alpha value is -2.68. The first-order chi connectivity index (χ1) is 18.7. The van der Waals surface area contributed by atoms with Crippen LogP contribution in [0.5, 0.6) is 0 Å². The Morgan fingerprint density at radius 2 is 1.64 bits per heavy atom. The summed E-state index contributed by atoms with van der Waals surface area (Å²) < 4.78 is 30.0. The van der Waals surface area contributed by atoms with Crippen molar-refractivity contribution in [3.05, 3.63) is 59.3 Å². The number of rotatable bonds is 9. The van der Waals surface area contributed by atoms with Crippen molar-refractivity contribution in [2.45, 2.75) is 76.7 Å². The molecule has 39 heavy (non-hydrogen) atoms. The molecule has 0 radical (unpaired) electrons. The number of piperidine rings is 1. The second-order valence-corrected chi connectivity index (χ2v) is 13.3. The van der Waals surface area contributed by atoms with Crippen molar-refractivity contribution in [2.24, 2.45) is 0 Å². The number of hydrogen-bond acceptors (Lipinski definition) is 4. The van der Waals surface area contributed by atoms with Gasteiger partial charge in [-0.2, -0.15) is 4.31 Å². The Bertz CT molecular complexity index is 1430. The lowest BCUT2D eigenvalue weighted by Gasteiger charge is -2.26. The molecule has 7 nitrogen and oxygen atoms in total. The molecule has 2 fully saturated rings. The summed E-state index contributed by atoms with van der Waals surface area (Å²) in [7, 11) is -3.52. The quantitative estimate of drug-likeness (QED) is 0.373. The van der Waals surface area contributed by atoms with E-state index >= 15 is 0 Å². The first-order valence-corrected chi connectivity index (χ1v) is 15.9. The van der Waals surface area contributed by atoms with Crippen LogP contribution in [-0.2, 0) is 21.2 Å². The summed E-state index contributed by atoms with van der Waals surface area (Å²) in [4.78, 5) is 16.3. The first-order valence-electron chi connectivity index (χ1n) is 14.5. The molecule has 0 bridgehead atoms. The summed E-state index contributed by atoms with van der Waals surface area (Å²) in [6.45, 7) is 10.6.